The van der Waals surface area contributed by atoms with E-state index in [0.29, 0.717) is 12.6 Å². The minimum absolute atomic E-state index is 0.0176. The third-order valence-corrected chi connectivity index (χ3v) is 5.77. The lowest BCUT2D eigenvalue weighted by molar-refractivity contribution is -0.0165. The summed E-state index contributed by atoms with van der Waals surface area (Å²) >= 11 is 0. The monoisotopic (exact) mass is 368 g/mol. The molecule has 1 amide bonds. The molecule has 0 spiro atoms. The number of halogens is 1. The van der Waals surface area contributed by atoms with Crippen LogP contribution in [0.15, 0.2) is 48.5 Å². The fourth-order valence-corrected chi connectivity index (χ4v) is 4.03. The zero-order chi connectivity index (χ0) is 19.0. The van der Waals surface area contributed by atoms with Gasteiger partial charge >= 0.3 is 6.09 Å². The quantitative estimate of drug-likeness (QED) is 0.821. The number of nitrogens with zero attached hydrogens (tertiary/aromatic N) is 2. The summed E-state index contributed by atoms with van der Waals surface area (Å²) in [5.74, 6) is -0.277. The van der Waals surface area contributed by atoms with Gasteiger partial charge in [0.05, 0.1) is 6.04 Å². The molecule has 4 nitrogen and oxygen atoms in total. The van der Waals surface area contributed by atoms with Crippen LogP contribution in [0, 0.1) is 5.82 Å². The van der Waals surface area contributed by atoms with E-state index in [1.807, 2.05) is 18.2 Å². The maximum atomic E-state index is 13.4. The minimum Gasteiger partial charge on any atom is -0.446 e. The molecule has 0 bridgehead atoms. The first-order valence-electron chi connectivity index (χ1n) is 9.50. The van der Waals surface area contributed by atoms with Gasteiger partial charge in [0.25, 0.3) is 0 Å². The van der Waals surface area contributed by atoms with Crippen LogP contribution < -0.4 is 0 Å². The molecule has 1 saturated carbocycles. The molecule has 4 rings (SSSR count). The summed E-state index contributed by atoms with van der Waals surface area (Å²) < 4.78 is 19.2. The van der Waals surface area contributed by atoms with Gasteiger partial charge in [0.2, 0.25) is 0 Å². The maximum Gasteiger partial charge on any atom is 0.410 e. The second-order valence-electron chi connectivity index (χ2n) is 7.69. The van der Waals surface area contributed by atoms with Gasteiger partial charge in [-0.15, -0.1) is 0 Å². The molecule has 0 radical (unpaired) electrons. The van der Waals surface area contributed by atoms with Crippen molar-refractivity contribution in [3.63, 3.8) is 0 Å². The summed E-state index contributed by atoms with van der Waals surface area (Å²) in [6, 6.07) is 14.8. The Morgan fingerprint density at radius 2 is 1.81 bits per heavy atom. The van der Waals surface area contributed by atoms with E-state index in [0.717, 1.165) is 30.4 Å². The highest BCUT2D eigenvalue weighted by Crippen LogP contribution is 2.36. The van der Waals surface area contributed by atoms with Crippen LogP contribution in [0.25, 0.3) is 0 Å². The molecular weight excluding hydrogens is 343 g/mol. The van der Waals surface area contributed by atoms with Crippen molar-refractivity contribution in [1.82, 2.24) is 9.80 Å². The van der Waals surface area contributed by atoms with Crippen LogP contribution >= 0.6 is 0 Å². The molecule has 1 aliphatic carbocycles. The standard InChI is InChI=1S/C22H25FN2O2/c1-24(2)18-13-19(14-18)27-22(26)25-12-11-15-5-3-4-6-20(15)21(25)16-7-9-17(23)10-8-16/h3-10,18-19,21H,11-14H2,1-2H3/t18?,19?,21-/m0/s1. The van der Waals surface area contributed by atoms with E-state index in [-0.39, 0.29) is 24.1 Å². The van der Waals surface area contributed by atoms with Crippen molar-refractivity contribution in [1.29, 1.82) is 0 Å². The fraction of sp³-hybridized carbons (Fsp3) is 0.409. The van der Waals surface area contributed by atoms with Crippen molar-refractivity contribution in [3.8, 4) is 0 Å². The second kappa shape index (κ2) is 7.31. The first kappa shape index (κ1) is 18.0. The second-order valence-corrected chi connectivity index (χ2v) is 7.69. The van der Waals surface area contributed by atoms with Crippen LogP contribution in [0.5, 0.6) is 0 Å². The van der Waals surface area contributed by atoms with Crippen LogP contribution in [0.3, 0.4) is 0 Å². The molecule has 1 atom stereocenters. The minimum atomic E-state index is -0.277. The molecule has 2 aliphatic rings. The average Bonchev–Trinajstić information content (AvgIpc) is 2.63. The van der Waals surface area contributed by atoms with Crippen LogP contribution in [0.1, 0.15) is 35.6 Å². The normalized spacial score (nSPS) is 24.3. The molecular formula is C22H25FN2O2. The predicted octanol–water partition coefficient (Wildman–Crippen LogP) is 4.00. The molecule has 1 heterocycles. The van der Waals surface area contributed by atoms with E-state index in [1.54, 1.807) is 17.0 Å². The van der Waals surface area contributed by atoms with Gasteiger partial charge in [-0.05, 0) is 49.3 Å². The zero-order valence-corrected chi connectivity index (χ0v) is 15.8. The predicted molar refractivity (Wildman–Crippen MR) is 102 cm³/mol. The van der Waals surface area contributed by atoms with Crippen LogP contribution in [-0.2, 0) is 11.2 Å². The van der Waals surface area contributed by atoms with Gasteiger partial charge in [-0.1, -0.05) is 36.4 Å². The Labute approximate surface area is 159 Å². The van der Waals surface area contributed by atoms with E-state index in [4.69, 9.17) is 4.74 Å². The number of hydrogen-bond donors (Lipinski definition) is 0. The molecule has 0 aromatic heterocycles. The summed E-state index contributed by atoms with van der Waals surface area (Å²) in [5.41, 5.74) is 3.22. The van der Waals surface area contributed by atoms with Gasteiger partial charge in [0.15, 0.2) is 0 Å². The van der Waals surface area contributed by atoms with Crippen LogP contribution in [-0.4, -0.2) is 48.7 Å². The highest BCUT2D eigenvalue weighted by molar-refractivity contribution is 5.70. The topological polar surface area (TPSA) is 32.8 Å². The van der Waals surface area contributed by atoms with Crippen molar-refractivity contribution in [3.05, 3.63) is 71.0 Å². The van der Waals surface area contributed by atoms with E-state index in [2.05, 4.69) is 25.1 Å². The van der Waals surface area contributed by atoms with Crippen molar-refractivity contribution >= 4 is 6.09 Å². The van der Waals surface area contributed by atoms with Crippen molar-refractivity contribution in [2.24, 2.45) is 0 Å². The molecule has 2 aromatic carbocycles. The molecule has 1 aliphatic heterocycles. The Morgan fingerprint density at radius 3 is 2.52 bits per heavy atom. The maximum absolute atomic E-state index is 13.4. The molecule has 1 fully saturated rings. The number of carbonyl (C=O) groups excluding carboxylic acids is 1. The summed E-state index contributed by atoms with van der Waals surface area (Å²) in [4.78, 5) is 16.9. The summed E-state index contributed by atoms with van der Waals surface area (Å²) in [6.07, 6.45) is 2.26. The molecule has 142 valence electrons. The van der Waals surface area contributed by atoms with Crippen molar-refractivity contribution < 1.29 is 13.9 Å². The molecule has 2 aromatic rings. The Hall–Kier alpha value is -2.40. The van der Waals surface area contributed by atoms with Gasteiger partial charge in [0.1, 0.15) is 11.9 Å². The first-order valence-corrected chi connectivity index (χ1v) is 9.50. The van der Waals surface area contributed by atoms with Crippen LogP contribution in [0.4, 0.5) is 9.18 Å². The average molecular weight is 368 g/mol. The molecule has 5 heteroatoms. The SMILES string of the molecule is CN(C)C1CC(OC(=O)N2CCc3ccccc3[C@@H]2c2ccc(F)cc2)C1. The van der Waals surface area contributed by atoms with Crippen molar-refractivity contribution in [2.45, 2.75) is 37.5 Å². The molecule has 27 heavy (non-hydrogen) atoms. The molecule has 0 saturated heterocycles. The van der Waals surface area contributed by atoms with Gasteiger partial charge in [-0.25, -0.2) is 9.18 Å². The smallest absolute Gasteiger partial charge is 0.410 e. The summed E-state index contributed by atoms with van der Waals surface area (Å²) in [5, 5.41) is 0. The Bertz CT molecular complexity index is 815. The Balaban J connectivity index is 1.57. The van der Waals surface area contributed by atoms with E-state index < -0.39 is 0 Å². The first-order chi connectivity index (χ1) is 13.0. The lowest BCUT2D eigenvalue weighted by atomic mass is 9.88. The number of amides is 1. The number of ether oxygens (including phenoxy) is 1. The van der Waals surface area contributed by atoms with Crippen LogP contribution in [0.2, 0.25) is 0 Å². The van der Waals surface area contributed by atoms with E-state index in [1.165, 1.54) is 17.7 Å². The van der Waals surface area contributed by atoms with E-state index >= 15 is 0 Å². The molecule has 0 unspecified atom stereocenters. The lowest BCUT2D eigenvalue weighted by Gasteiger charge is -2.42. The summed E-state index contributed by atoms with van der Waals surface area (Å²) in [6.45, 7) is 0.599. The van der Waals surface area contributed by atoms with Gasteiger partial charge in [-0.3, -0.25) is 4.90 Å². The highest BCUT2D eigenvalue weighted by atomic mass is 19.1. The number of hydrogen-bond acceptors (Lipinski definition) is 3. The largest absolute Gasteiger partial charge is 0.446 e. The molecule has 0 N–H and O–H groups in total. The number of benzene rings is 2. The van der Waals surface area contributed by atoms with E-state index in [9.17, 15) is 9.18 Å². The lowest BCUT2D eigenvalue weighted by Crippen LogP contribution is -2.48. The number of carbonyl (C=O) groups is 1. The van der Waals surface area contributed by atoms with Crippen molar-refractivity contribution in [2.75, 3.05) is 20.6 Å². The number of rotatable bonds is 3. The third-order valence-electron chi connectivity index (χ3n) is 5.77. The van der Waals surface area contributed by atoms with Gasteiger partial charge in [0, 0.05) is 25.4 Å². The highest BCUT2D eigenvalue weighted by Gasteiger charge is 2.38. The Kier molecular flexibility index (Phi) is 4.87. The summed E-state index contributed by atoms with van der Waals surface area (Å²) in [7, 11) is 4.10. The van der Waals surface area contributed by atoms with Gasteiger partial charge < -0.3 is 9.64 Å². The zero-order valence-electron chi connectivity index (χ0n) is 15.8. The Morgan fingerprint density at radius 1 is 1.11 bits per heavy atom. The number of fused-ring (bicyclic) bond motifs is 1. The third kappa shape index (κ3) is 3.56. The fourth-order valence-electron chi connectivity index (χ4n) is 4.03. The van der Waals surface area contributed by atoms with Gasteiger partial charge in [-0.2, -0.15) is 0 Å².